The number of imide groups is 1. The Kier molecular flexibility index (Phi) is 25.1. The number of quaternary nitrogens is 1. The lowest BCUT2D eigenvalue weighted by molar-refractivity contribution is -0.944. The zero-order chi connectivity index (χ0) is 60.5. The minimum Gasteiger partial charge on any atom is -0.457 e. The van der Waals surface area contributed by atoms with Gasteiger partial charge in [-0.1, -0.05) is 84.4 Å². The highest BCUT2D eigenvalue weighted by Crippen LogP contribution is 2.38. The lowest BCUT2D eigenvalue weighted by atomic mass is 9.88. The van der Waals surface area contributed by atoms with Crippen LogP contribution in [0, 0.1) is 17.8 Å². The number of piperazine rings is 1. The van der Waals surface area contributed by atoms with Crippen molar-refractivity contribution in [1.82, 2.24) is 20.4 Å². The molecule has 6 N–H and O–H groups in total. The molecule has 2 saturated heterocycles. The van der Waals surface area contributed by atoms with Crippen molar-refractivity contribution in [2.45, 2.75) is 200 Å². The zero-order valence-corrected chi connectivity index (χ0v) is 50.4. The summed E-state index contributed by atoms with van der Waals surface area (Å²) in [7, 11) is 1.54. The number of rotatable bonds is 26. The molecule has 20 nitrogen and oxygen atoms in total. The molecule has 0 aliphatic carbocycles. The SMILES string of the molecule is CCC[N+]1(Cc2ccc(NC(=O)[C@H](C)NC(=O)[C@@H](NC(=O)CCCCCN3C(=O)C=CC3=O)C(C)C)cc2)CCN(C(=O)O[C@H]2/C=C/[C@H](C)[C@@H](/C(C)=C/C=C/[C@](C)(O)C[C@H]3O[C@@H]3[C@H](C)[C@@H](O)CC)OC(=O)C[C@H](O)CC[C@@]2(C)OC)CC1. The Morgan fingerprint density at radius 3 is 2.26 bits per heavy atom. The van der Waals surface area contributed by atoms with Crippen molar-refractivity contribution in [2.75, 3.05) is 51.7 Å². The number of aliphatic hydroxyl groups excluding tert-OH is 2. The molecule has 0 spiro atoms. The van der Waals surface area contributed by atoms with Gasteiger partial charge in [0.05, 0.1) is 69.2 Å². The van der Waals surface area contributed by atoms with E-state index in [1.165, 1.54) is 24.2 Å². The summed E-state index contributed by atoms with van der Waals surface area (Å²) in [6.45, 7) is 22.5. The van der Waals surface area contributed by atoms with Crippen LogP contribution in [0.3, 0.4) is 0 Å². The fraction of sp³-hybridized carbons (Fsp3) is 0.661. The predicted octanol–water partition coefficient (Wildman–Crippen LogP) is 6.18. The molecule has 0 aromatic heterocycles. The quantitative estimate of drug-likeness (QED) is 0.0115. The number of esters is 1. The molecule has 12 atom stereocenters. The van der Waals surface area contributed by atoms with Gasteiger partial charge >= 0.3 is 12.1 Å². The highest BCUT2D eigenvalue weighted by atomic mass is 16.6. The molecule has 6 amide bonds. The van der Waals surface area contributed by atoms with Crippen molar-refractivity contribution in [3.05, 3.63) is 77.9 Å². The molecule has 456 valence electrons. The number of hydrogen-bond donors (Lipinski definition) is 6. The van der Waals surface area contributed by atoms with E-state index in [-0.39, 0.29) is 74.0 Å². The summed E-state index contributed by atoms with van der Waals surface area (Å²) >= 11 is 0. The Labute approximate surface area is 485 Å². The Morgan fingerprint density at radius 2 is 1.63 bits per heavy atom. The Bertz CT molecular complexity index is 2450. The average Bonchev–Trinajstić information content (AvgIpc) is 4.29. The van der Waals surface area contributed by atoms with Crippen LogP contribution >= 0.6 is 0 Å². The molecule has 4 aliphatic heterocycles. The second-order valence-electron chi connectivity index (χ2n) is 24.0. The second kappa shape index (κ2) is 30.7. The van der Waals surface area contributed by atoms with E-state index in [9.17, 15) is 48.9 Å². The molecule has 20 heteroatoms. The number of carbonyl (C=O) groups excluding carboxylic acids is 7. The summed E-state index contributed by atoms with van der Waals surface area (Å²) in [5.41, 5.74) is 0.0376. The lowest BCUT2D eigenvalue weighted by Crippen LogP contribution is -2.60. The van der Waals surface area contributed by atoms with Gasteiger partial charge in [0, 0.05) is 61.7 Å². The normalized spacial score (nSPS) is 26.9. The van der Waals surface area contributed by atoms with Gasteiger partial charge in [0.25, 0.3) is 11.8 Å². The van der Waals surface area contributed by atoms with Crippen molar-refractivity contribution in [3.8, 4) is 0 Å². The number of unbranched alkanes of at least 4 members (excludes halogenated alkanes) is 2. The van der Waals surface area contributed by atoms with Gasteiger partial charge in [0.2, 0.25) is 17.7 Å². The van der Waals surface area contributed by atoms with Gasteiger partial charge in [-0.15, -0.1) is 0 Å². The van der Waals surface area contributed by atoms with Crippen molar-refractivity contribution in [1.29, 1.82) is 0 Å². The number of nitrogens with zero attached hydrogens (tertiary/aromatic N) is 3. The molecule has 1 aromatic carbocycles. The van der Waals surface area contributed by atoms with E-state index in [1.807, 2.05) is 78.8 Å². The van der Waals surface area contributed by atoms with Crippen LogP contribution in [0.4, 0.5) is 10.5 Å². The van der Waals surface area contributed by atoms with Gasteiger partial charge in [-0.25, -0.2) is 4.79 Å². The largest absolute Gasteiger partial charge is 0.457 e. The van der Waals surface area contributed by atoms with Crippen LogP contribution < -0.4 is 16.0 Å². The van der Waals surface area contributed by atoms with Gasteiger partial charge in [0.15, 0.2) is 6.10 Å². The van der Waals surface area contributed by atoms with E-state index in [2.05, 4.69) is 22.9 Å². The topological polar surface area (TPSA) is 263 Å². The number of epoxide rings is 1. The fourth-order valence-corrected chi connectivity index (χ4v) is 11.1. The van der Waals surface area contributed by atoms with E-state index in [0.29, 0.717) is 76.1 Å². The number of hydrogen-bond acceptors (Lipinski definition) is 14. The number of carbonyl (C=O) groups is 7. The molecule has 0 saturated carbocycles. The van der Waals surface area contributed by atoms with Crippen molar-refractivity contribution < 1.29 is 72.3 Å². The van der Waals surface area contributed by atoms with E-state index < -0.39 is 77.5 Å². The number of anilines is 1. The first kappa shape index (κ1) is 67.0. The molecule has 2 fully saturated rings. The third-order valence-electron chi connectivity index (χ3n) is 16.6. The van der Waals surface area contributed by atoms with Crippen molar-refractivity contribution in [3.63, 3.8) is 0 Å². The second-order valence-corrected chi connectivity index (χ2v) is 24.0. The van der Waals surface area contributed by atoms with E-state index in [0.717, 1.165) is 23.0 Å². The Hall–Kier alpha value is -5.77. The van der Waals surface area contributed by atoms with E-state index >= 15 is 0 Å². The highest BCUT2D eigenvalue weighted by molar-refractivity contribution is 6.12. The highest BCUT2D eigenvalue weighted by Gasteiger charge is 2.47. The molecule has 4 aliphatic rings. The van der Waals surface area contributed by atoms with Gasteiger partial charge in [-0.05, 0) is 95.9 Å². The number of nitrogens with one attached hydrogen (secondary N) is 3. The molecule has 4 heterocycles. The van der Waals surface area contributed by atoms with Crippen LogP contribution in [-0.4, -0.2) is 177 Å². The molecule has 0 unspecified atom stereocenters. The third-order valence-corrected chi connectivity index (χ3v) is 16.6. The van der Waals surface area contributed by atoms with Crippen molar-refractivity contribution >= 4 is 47.3 Å². The summed E-state index contributed by atoms with van der Waals surface area (Å²) in [6.07, 6.45) is 11.4. The number of aliphatic hydroxyl groups is 3. The monoisotopic (exact) mass is 1150 g/mol. The molecule has 82 heavy (non-hydrogen) atoms. The lowest BCUT2D eigenvalue weighted by Gasteiger charge is -2.45. The minimum absolute atomic E-state index is 0.0425. The summed E-state index contributed by atoms with van der Waals surface area (Å²) in [5.74, 6) is -3.15. The number of allylic oxidation sites excluding steroid dienone is 2. The number of ether oxygens (including phenoxy) is 4. The standard InChI is InChI=1S/C62H94N6O14/c1-12-34-68(39-45-21-23-46(24-22-45)64-58(75)44(8)63-59(76)55(40(3)4)65-51(71)19-15-14-16-31-67-52(72)26-27-53(67)73)35-32-66(33-36-68)60(77)81-50-25-20-42(6)56(82-54(74)37-47(69)28-30-62(50,10)79-11)41(5)18-17-29-61(9,78)38-49-57(80-49)43(7)48(70)13-2/h17-18,20-27,29,40,42-44,47-50,55-57,69-70,78H,12-16,19,28,30-39H2,1-11H3,(H2-,63,64,65,71,75,76)/p+1/b25-20+,29-17+,41-18+/t42-,43+,44-,47+,48-,49+,50-,55-,56+,57+,61-,62+/m0/s1. The van der Waals surface area contributed by atoms with E-state index in [1.54, 1.807) is 43.1 Å². The number of cyclic esters (lactones) is 1. The van der Waals surface area contributed by atoms with Crippen LogP contribution in [0.25, 0.3) is 0 Å². The average molecular weight is 1150 g/mol. The first-order valence-electron chi connectivity index (χ1n) is 29.6. The van der Waals surface area contributed by atoms with Crippen LogP contribution in [0.1, 0.15) is 139 Å². The van der Waals surface area contributed by atoms with Crippen LogP contribution in [-0.2, 0) is 54.3 Å². The first-order valence-corrected chi connectivity index (χ1v) is 29.6. The van der Waals surface area contributed by atoms with Gasteiger partial charge < -0.3 is 54.7 Å². The Balaban J connectivity index is 1.15. The van der Waals surface area contributed by atoms with Gasteiger partial charge in [-0.3, -0.25) is 38.6 Å². The van der Waals surface area contributed by atoms with Crippen LogP contribution in [0.2, 0.25) is 0 Å². The predicted molar refractivity (Wildman–Crippen MR) is 310 cm³/mol. The maximum Gasteiger partial charge on any atom is 0.410 e. The molecule has 5 rings (SSSR count). The third kappa shape index (κ3) is 19.7. The van der Waals surface area contributed by atoms with Crippen LogP contribution in [0.5, 0.6) is 0 Å². The number of benzene rings is 1. The number of methoxy groups -OCH3 is 1. The summed E-state index contributed by atoms with van der Waals surface area (Å²) in [6, 6.07) is 5.81. The van der Waals surface area contributed by atoms with Crippen LogP contribution in [0.15, 0.2) is 72.4 Å². The fourth-order valence-electron chi connectivity index (χ4n) is 11.1. The molecular formula is C62H95N6O14+. The van der Waals surface area contributed by atoms with Crippen molar-refractivity contribution in [2.24, 2.45) is 17.8 Å². The molecule has 0 radical (unpaired) electrons. The molecule has 1 aromatic rings. The van der Waals surface area contributed by atoms with Gasteiger partial charge in [-0.2, -0.15) is 0 Å². The summed E-state index contributed by atoms with van der Waals surface area (Å²) in [5, 5.41) is 40.9. The summed E-state index contributed by atoms with van der Waals surface area (Å²) in [4.78, 5) is 93.3. The maximum atomic E-state index is 14.2. The number of amides is 6. The Morgan fingerprint density at radius 1 is 0.963 bits per heavy atom. The first-order chi connectivity index (χ1) is 38.7. The summed E-state index contributed by atoms with van der Waals surface area (Å²) < 4.78 is 24.9. The maximum absolute atomic E-state index is 14.2. The molecular weight excluding hydrogens is 1050 g/mol. The zero-order valence-electron chi connectivity index (χ0n) is 50.4. The molecule has 0 bridgehead atoms. The smallest absolute Gasteiger partial charge is 0.410 e. The van der Waals surface area contributed by atoms with Gasteiger partial charge in [0.1, 0.15) is 30.3 Å². The van der Waals surface area contributed by atoms with E-state index in [4.69, 9.17) is 18.9 Å². The minimum atomic E-state index is -1.20.